The molecule has 0 aliphatic rings. The summed E-state index contributed by atoms with van der Waals surface area (Å²) in [6, 6.07) is 6.57. The second-order valence-electron chi connectivity index (χ2n) is 5.28. The number of ether oxygens (including phenoxy) is 1. The normalized spacial score (nSPS) is 11.3. The van der Waals surface area contributed by atoms with E-state index in [0.717, 1.165) is 18.3 Å². The molecule has 3 aromatic rings. The van der Waals surface area contributed by atoms with Crippen LogP contribution < -0.4 is 4.74 Å². The molecule has 3 aromatic heterocycles. The van der Waals surface area contributed by atoms with E-state index in [2.05, 4.69) is 15.0 Å². The van der Waals surface area contributed by atoms with Crippen LogP contribution in [0.25, 0.3) is 0 Å². The number of halogens is 2. The van der Waals surface area contributed by atoms with Gasteiger partial charge in [0.25, 0.3) is 5.92 Å². The molecular weight excluding hydrogens is 348 g/mol. The van der Waals surface area contributed by atoms with E-state index in [4.69, 9.17) is 4.74 Å². The molecule has 3 heterocycles. The molecule has 128 valence electrons. The molecule has 25 heavy (non-hydrogen) atoms. The van der Waals surface area contributed by atoms with Crippen LogP contribution in [-0.2, 0) is 12.3 Å². The van der Waals surface area contributed by atoms with E-state index in [1.807, 2.05) is 0 Å². The molecule has 0 saturated carbocycles. The summed E-state index contributed by atoms with van der Waals surface area (Å²) in [5.74, 6) is -2.38. The molecular formula is C17H13F2N3O2S. The van der Waals surface area contributed by atoms with Crippen molar-refractivity contribution in [2.24, 2.45) is 0 Å². The fourth-order valence-corrected chi connectivity index (χ4v) is 2.87. The SMILES string of the molecule is CC(F)(F)c1csc(CC(=O)c2cc(Oc3cccnc3)ccn2)n1. The maximum atomic E-state index is 13.2. The van der Waals surface area contributed by atoms with Crippen molar-refractivity contribution in [2.75, 3.05) is 0 Å². The molecule has 0 aromatic carbocycles. The van der Waals surface area contributed by atoms with Crippen LogP contribution in [0.4, 0.5) is 8.78 Å². The third kappa shape index (κ3) is 4.42. The van der Waals surface area contributed by atoms with Gasteiger partial charge in [-0.2, -0.15) is 8.78 Å². The summed E-state index contributed by atoms with van der Waals surface area (Å²) < 4.78 is 32.0. The summed E-state index contributed by atoms with van der Waals surface area (Å²) in [5, 5.41) is 1.58. The zero-order valence-electron chi connectivity index (χ0n) is 13.1. The Morgan fingerprint density at radius 2 is 2.12 bits per heavy atom. The predicted octanol–water partition coefficient (Wildman–Crippen LogP) is 4.26. The predicted molar refractivity (Wildman–Crippen MR) is 88.3 cm³/mol. The number of nitrogens with zero attached hydrogens (tertiary/aromatic N) is 3. The first kappa shape index (κ1) is 17.1. The van der Waals surface area contributed by atoms with Gasteiger partial charge in [0, 0.05) is 30.8 Å². The van der Waals surface area contributed by atoms with Crippen LogP contribution in [0.5, 0.6) is 11.5 Å². The molecule has 0 aliphatic heterocycles. The van der Waals surface area contributed by atoms with Gasteiger partial charge in [-0.1, -0.05) is 0 Å². The lowest BCUT2D eigenvalue weighted by molar-refractivity contribution is 0.0132. The van der Waals surface area contributed by atoms with E-state index >= 15 is 0 Å². The summed E-state index contributed by atoms with van der Waals surface area (Å²) in [5.41, 5.74) is -0.150. The van der Waals surface area contributed by atoms with Gasteiger partial charge in [0.2, 0.25) is 0 Å². The van der Waals surface area contributed by atoms with Crippen LogP contribution in [0.3, 0.4) is 0 Å². The molecule has 0 saturated heterocycles. The average Bonchev–Trinajstić information content (AvgIpc) is 3.05. The first-order chi connectivity index (χ1) is 11.9. The molecule has 0 bridgehead atoms. The van der Waals surface area contributed by atoms with Crippen molar-refractivity contribution in [3.8, 4) is 11.5 Å². The molecule has 0 atom stereocenters. The maximum absolute atomic E-state index is 13.2. The number of carbonyl (C=O) groups is 1. The number of hydrogen-bond donors (Lipinski definition) is 0. The van der Waals surface area contributed by atoms with E-state index in [1.165, 1.54) is 17.6 Å². The first-order valence-electron chi connectivity index (χ1n) is 7.31. The third-order valence-electron chi connectivity index (χ3n) is 3.20. The lowest BCUT2D eigenvalue weighted by Crippen LogP contribution is -2.09. The molecule has 0 radical (unpaired) electrons. The molecule has 0 spiro atoms. The smallest absolute Gasteiger partial charge is 0.287 e. The van der Waals surface area contributed by atoms with Crippen molar-refractivity contribution in [3.63, 3.8) is 0 Å². The Kier molecular flexibility index (Phi) is 4.80. The van der Waals surface area contributed by atoms with Crippen LogP contribution >= 0.6 is 11.3 Å². The number of pyridine rings is 2. The Bertz CT molecular complexity index is 879. The highest BCUT2D eigenvalue weighted by molar-refractivity contribution is 7.09. The largest absolute Gasteiger partial charge is 0.456 e. The van der Waals surface area contributed by atoms with Gasteiger partial charge < -0.3 is 4.74 Å². The molecule has 0 N–H and O–H groups in total. The van der Waals surface area contributed by atoms with Crippen molar-refractivity contribution < 1.29 is 18.3 Å². The number of hydrogen-bond acceptors (Lipinski definition) is 6. The second-order valence-corrected chi connectivity index (χ2v) is 6.23. The fraction of sp³-hybridized carbons (Fsp3) is 0.176. The van der Waals surface area contributed by atoms with Gasteiger partial charge in [0.1, 0.15) is 27.9 Å². The highest BCUT2D eigenvalue weighted by Gasteiger charge is 2.28. The van der Waals surface area contributed by atoms with Gasteiger partial charge in [0.15, 0.2) is 5.78 Å². The molecule has 3 rings (SSSR count). The molecule has 0 amide bonds. The topological polar surface area (TPSA) is 65.0 Å². The highest BCUT2D eigenvalue weighted by Crippen LogP contribution is 2.28. The number of aromatic nitrogens is 3. The average molecular weight is 361 g/mol. The Labute approximate surface area is 146 Å². The van der Waals surface area contributed by atoms with Gasteiger partial charge in [0.05, 0.1) is 12.6 Å². The van der Waals surface area contributed by atoms with E-state index in [-0.39, 0.29) is 23.6 Å². The number of Topliss-reactive ketones (excluding diaryl/α,β-unsaturated/α-hetero) is 1. The van der Waals surface area contributed by atoms with E-state index in [9.17, 15) is 13.6 Å². The Hall–Kier alpha value is -2.74. The second kappa shape index (κ2) is 7.02. The van der Waals surface area contributed by atoms with Crippen LogP contribution in [0.2, 0.25) is 0 Å². The number of ketones is 1. The van der Waals surface area contributed by atoms with Crippen LogP contribution in [0.15, 0.2) is 48.2 Å². The minimum atomic E-state index is -3.02. The third-order valence-corrected chi connectivity index (χ3v) is 4.05. The van der Waals surface area contributed by atoms with Crippen molar-refractivity contribution in [3.05, 3.63) is 64.6 Å². The Morgan fingerprint density at radius 3 is 2.80 bits per heavy atom. The molecule has 0 unspecified atom stereocenters. The van der Waals surface area contributed by atoms with Crippen molar-refractivity contribution >= 4 is 17.1 Å². The van der Waals surface area contributed by atoms with Gasteiger partial charge >= 0.3 is 0 Å². The fourth-order valence-electron chi connectivity index (χ4n) is 1.99. The monoisotopic (exact) mass is 361 g/mol. The van der Waals surface area contributed by atoms with E-state index in [0.29, 0.717) is 16.5 Å². The van der Waals surface area contributed by atoms with Crippen LogP contribution in [0.1, 0.15) is 28.1 Å². The summed E-state index contributed by atoms with van der Waals surface area (Å²) in [7, 11) is 0. The molecule has 5 nitrogen and oxygen atoms in total. The van der Waals surface area contributed by atoms with Gasteiger partial charge in [-0.3, -0.25) is 14.8 Å². The van der Waals surface area contributed by atoms with Crippen LogP contribution in [-0.4, -0.2) is 20.7 Å². The van der Waals surface area contributed by atoms with Gasteiger partial charge in [-0.05, 0) is 18.2 Å². The lowest BCUT2D eigenvalue weighted by Gasteiger charge is -2.06. The molecule has 0 fully saturated rings. The quantitative estimate of drug-likeness (QED) is 0.614. The van der Waals surface area contributed by atoms with E-state index < -0.39 is 5.92 Å². The number of carbonyl (C=O) groups excluding carboxylic acids is 1. The number of thiazole rings is 1. The number of alkyl halides is 2. The highest BCUT2D eigenvalue weighted by atomic mass is 32.1. The summed E-state index contributed by atoms with van der Waals surface area (Å²) >= 11 is 1.03. The minimum Gasteiger partial charge on any atom is -0.456 e. The summed E-state index contributed by atoms with van der Waals surface area (Å²) in [6.07, 6.45) is 4.52. The zero-order chi connectivity index (χ0) is 17.9. The minimum absolute atomic E-state index is 0.0932. The lowest BCUT2D eigenvalue weighted by atomic mass is 10.2. The summed E-state index contributed by atoms with van der Waals surface area (Å²) in [6.45, 7) is 0.772. The van der Waals surface area contributed by atoms with Gasteiger partial charge in [-0.25, -0.2) is 4.98 Å². The Morgan fingerprint density at radius 1 is 1.28 bits per heavy atom. The van der Waals surface area contributed by atoms with Crippen molar-refractivity contribution in [1.29, 1.82) is 0 Å². The van der Waals surface area contributed by atoms with Crippen molar-refractivity contribution in [1.82, 2.24) is 15.0 Å². The first-order valence-corrected chi connectivity index (χ1v) is 8.19. The Balaban J connectivity index is 1.72. The van der Waals surface area contributed by atoms with Crippen molar-refractivity contribution in [2.45, 2.75) is 19.3 Å². The number of rotatable bonds is 6. The molecule has 0 aliphatic carbocycles. The maximum Gasteiger partial charge on any atom is 0.287 e. The standard InChI is InChI=1S/C17H13F2N3O2S/c1-17(18,19)15-10-25-16(22-15)8-14(23)13-7-11(4-6-21-13)24-12-3-2-5-20-9-12/h2-7,9-10H,8H2,1H3. The molecule has 8 heteroatoms. The van der Waals surface area contributed by atoms with E-state index in [1.54, 1.807) is 30.6 Å². The van der Waals surface area contributed by atoms with Crippen LogP contribution in [0, 0.1) is 0 Å². The zero-order valence-corrected chi connectivity index (χ0v) is 14.0. The summed E-state index contributed by atoms with van der Waals surface area (Å²) in [4.78, 5) is 24.1. The van der Waals surface area contributed by atoms with Gasteiger partial charge in [-0.15, -0.1) is 11.3 Å².